The van der Waals surface area contributed by atoms with E-state index in [1.54, 1.807) is 11.0 Å². The molecule has 0 aliphatic carbocycles. The van der Waals surface area contributed by atoms with Crippen molar-refractivity contribution < 1.29 is 9.85 Å². The average Bonchev–Trinajstić information content (AvgIpc) is 3.12. The van der Waals surface area contributed by atoms with E-state index >= 15 is 0 Å². The Bertz CT molecular complexity index is 1090. The Hall–Kier alpha value is -4.08. The van der Waals surface area contributed by atoms with Crippen molar-refractivity contribution in [3.05, 3.63) is 80.7 Å². The van der Waals surface area contributed by atoms with E-state index in [9.17, 15) is 20.2 Å². The molecule has 0 saturated carbocycles. The third-order valence-corrected chi connectivity index (χ3v) is 4.45. The number of nitro groups is 2. The quantitative estimate of drug-likeness (QED) is 0.525. The smallest absolute Gasteiger partial charge is 0.334 e. The van der Waals surface area contributed by atoms with Crippen molar-refractivity contribution in [2.45, 2.75) is 6.42 Å². The maximum Gasteiger partial charge on any atom is 0.354 e. The summed E-state index contributed by atoms with van der Waals surface area (Å²) in [5.74, 6) is 0.151. The number of para-hydroxylation sites is 1. The number of anilines is 4. The van der Waals surface area contributed by atoms with E-state index in [1.165, 1.54) is 24.5 Å². The van der Waals surface area contributed by atoms with Crippen molar-refractivity contribution >= 4 is 34.4 Å². The topological polar surface area (TPSA) is 127 Å². The van der Waals surface area contributed by atoms with Crippen LogP contribution in [-0.4, -0.2) is 26.4 Å². The first-order valence-electron chi connectivity index (χ1n) is 8.41. The molecule has 28 heavy (non-hydrogen) atoms. The van der Waals surface area contributed by atoms with Gasteiger partial charge in [-0.05, 0) is 24.1 Å². The van der Waals surface area contributed by atoms with Gasteiger partial charge in [-0.2, -0.15) is 0 Å². The molecule has 1 aliphatic heterocycles. The van der Waals surface area contributed by atoms with E-state index in [2.05, 4.69) is 15.3 Å². The van der Waals surface area contributed by atoms with Crippen molar-refractivity contribution in [2.75, 3.05) is 16.8 Å². The Balaban J connectivity index is 1.76. The summed E-state index contributed by atoms with van der Waals surface area (Å²) in [6.07, 6.45) is 1.99. The summed E-state index contributed by atoms with van der Waals surface area (Å²) < 4.78 is 0. The molecule has 3 aromatic rings. The van der Waals surface area contributed by atoms with Gasteiger partial charge < -0.3 is 10.2 Å². The van der Waals surface area contributed by atoms with Crippen LogP contribution in [0.5, 0.6) is 0 Å². The van der Waals surface area contributed by atoms with Crippen molar-refractivity contribution in [1.29, 1.82) is 0 Å². The molecular weight excluding hydrogens is 364 g/mol. The summed E-state index contributed by atoms with van der Waals surface area (Å²) >= 11 is 0. The fourth-order valence-electron chi connectivity index (χ4n) is 3.22. The fourth-order valence-corrected chi connectivity index (χ4v) is 3.22. The van der Waals surface area contributed by atoms with Crippen LogP contribution in [0.2, 0.25) is 0 Å². The van der Waals surface area contributed by atoms with Gasteiger partial charge in [0.05, 0.1) is 9.85 Å². The Labute approximate surface area is 158 Å². The van der Waals surface area contributed by atoms with Crippen LogP contribution in [0.4, 0.5) is 34.4 Å². The van der Waals surface area contributed by atoms with Gasteiger partial charge >= 0.3 is 5.69 Å². The molecule has 0 fully saturated rings. The highest BCUT2D eigenvalue weighted by Gasteiger charge is 2.31. The maximum atomic E-state index is 11.8. The molecule has 140 valence electrons. The van der Waals surface area contributed by atoms with E-state index in [0.29, 0.717) is 12.2 Å². The number of nitrogens with zero attached hydrogens (tertiary/aromatic N) is 5. The number of aromatic nitrogens is 2. The Morgan fingerprint density at radius 2 is 1.82 bits per heavy atom. The van der Waals surface area contributed by atoms with Crippen LogP contribution in [0.25, 0.3) is 0 Å². The minimum atomic E-state index is -0.546. The van der Waals surface area contributed by atoms with Crippen molar-refractivity contribution in [2.24, 2.45) is 0 Å². The zero-order valence-electron chi connectivity index (χ0n) is 14.5. The molecule has 0 saturated heterocycles. The predicted octanol–water partition coefficient (Wildman–Crippen LogP) is 3.73. The molecule has 2 heterocycles. The maximum absolute atomic E-state index is 11.8. The summed E-state index contributed by atoms with van der Waals surface area (Å²) in [6.45, 7) is 0.563. The van der Waals surface area contributed by atoms with E-state index in [1.807, 2.05) is 24.3 Å². The summed E-state index contributed by atoms with van der Waals surface area (Å²) in [7, 11) is 0. The highest BCUT2D eigenvalue weighted by Crippen LogP contribution is 2.40. The first kappa shape index (κ1) is 17.3. The summed E-state index contributed by atoms with van der Waals surface area (Å²) in [5, 5.41) is 25.6. The van der Waals surface area contributed by atoms with Crippen molar-refractivity contribution in [1.82, 2.24) is 9.97 Å². The molecular formula is C18H14N6O4. The molecule has 1 N–H and O–H groups in total. The Morgan fingerprint density at radius 1 is 1.00 bits per heavy atom. The van der Waals surface area contributed by atoms with Gasteiger partial charge in [-0.25, -0.2) is 9.97 Å². The van der Waals surface area contributed by atoms with Gasteiger partial charge in [0.2, 0.25) is 11.6 Å². The van der Waals surface area contributed by atoms with Gasteiger partial charge in [0.25, 0.3) is 5.69 Å². The predicted molar refractivity (Wildman–Crippen MR) is 102 cm³/mol. The van der Waals surface area contributed by atoms with Crippen LogP contribution in [0, 0.1) is 20.2 Å². The average molecular weight is 378 g/mol. The highest BCUT2D eigenvalue weighted by atomic mass is 16.6. The SMILES string of the molecule is O=[N+]([O-])c1cccc(Nc2ncnc(N3CCc4ccccc43)c2[N+](=O)[O-])c1. The first-order chi connectivity index (χ1) is 13.5. The molecule has 2 aromatic carbocycles. The van der Waals surface area contributed by atoms with Gasteiger partial charge in [0, 0.05) is 30.1 Å². The minimum Gasteiger partial charge on any atom is -0.334 e. The van der Waals surface area contributed by atoms with Crippen LogP contribution in [0.3, 0.4) is 0 Å². The van der Waals surface area contributed by atoms with Gasteiger partial charge in [-0.3, -0.25) is 20.2 Å². The number of nitro benzene ring substituents is 1. The van der Waals surface area contributed by atoms with E-state index in [-0.39, 0.29) is 23.0 Å². The number of rotatable bonds is 5. The van der Waals surface area contributed by atoms with Crippen molar-refractivity contribution in [3.63, 3.8) is 0 Å². The number of hydrogen-bond acceptors (Lipinski definition) is 8. The summed E-state index contributed by atoms with van der Waals surface area (Å²) in [6, 6.07) is 13.3. The molecule has 0 unspecified atom stereocenters. The molecule has 1 aromatic heterocycles. The largest absolute Gasteiger partial charge is 0.354 e. The number of nitrogens with one attached hydrogen (secondary N) is 1. The third kappa shape index (κ3) is 3.07. The molecule has 0 atom stereocenters. The van der Waals surface area contributed by atoms with Gasteiger partial charge in [-0.1, -0.05) is 24.3 Å². The fraction of sp³-hybridized carbons (Fsp3) is 0.111. The molecule has 10 nitrogen and oxygen atoms in total. The number of fused-ring (bicyclic) bond motifs is 1. The highest BCUT2D eigenvalue weighted by molar-refractivity contribution is 5.80. The summed E-state index contributed by atoms with van der Waals surface area (Å²) in [4.78, 5) is 31.6. The minimum absolute atomic E-state index is 0.0279. The second-order valence-electron chi connectivity index (χ2n) is 6.11. The standard InChI is InChI=1S/C18H14N6O4/c25-23(26)14-6-3-5-13(10-14)21-17-16(24(27)28)18(20-11-19-17)22-9-8-12-4-1-2-7-15(12)22/h1-7,10-11H,8-9H2,(H,19,20,21). The first-order valence-corrected chi connectivity index (χ1v) is 8.41. The zero-order chi connectivity index (χ0) is 19.7. The Morgan fingerprint density at radius 3 is 2.61 bits per heavy atom. The molecule has 1 aliphatic rings. The van der Waals surface area contributed by atoms with Crippen LogP contribution >= 0.6 is 0 Å². The lowest BCUT2D eigenvalue weighted by molar-refractivity contribution is -0.384. The zero-order valence-corrected chi connectivity index (χ0v) is 14.5. The van der Waals surface area contributed by atoms with Crippen LogP contribution in [-0.2, 0) is 6.42 Å². The molecule has 10 heteroatoms. The van der Waals surface area contributed by atoms with Gasteiger partial charge in [-0.15, -0.1) is 0 Å². The van der Waals surface area contributed by atoms with Crippen molar-refractivity contribution in [3.8, 4) is 0 Å². The molecule has 0 amide bonds. The van der Waals surface area contributed by atoms with E-state index in [4.69, 9.17) is 0 Å². The van der Waals surface area contributed by atoms with E-state index < -0.39 is 9.85 Å². The lowest BCUT2D eigenvalue weighted by Gasteiger charge is -2.19. The number of hydrogen-bond donors (Lipinski definition) is 1. The number of non-ortho nitro benzene ring substituents is 1. The monoisotopic (exact) mass is 378 g/mol. The molecule has 0 spiro atoms. The van der Waals surface area contributed by atoms with Gasteiger partial charge in [0.15, 0.2) is 0 Å². The van der Waals surface area contributed by atoms with Gasteiger partial charge in [0.1, 0.15) is 6.33 Å². The summed E-state index contributed by atoms with van der Waals surface area (Å²) in [5.41, 5.74) is 1.86. The lowest BCUT2D eigenvalue weighted by Crippen LogP contribution is -2.17. The van der Waals surface area contributed by atoms with Crippen LogP contribution in [0.15, 0.2) is 54.9 Å². The van der Waals surface area contributed by atoms with Crippen LogP contribution < -0.4 is 10.2 Å². The molecule has 4 rings (SSSR count). The second kappa shape index (κ2) is 6.91. The lowest BCUT2D eigenvalue weighted by atomic mass is 10.2. The second-order valence-corrected chi connectivity index (χ2v) is 6.11. The van der Waals surface area contributed by atoms with E-state index in [0.717, 1.165) is 17.7 Å². The normalized spacial score (nSPS) is 12.5. The van der Waals surface area contributed by atoms with Crippen LogP contribution in [0.1, 0.15) is 5.56 Å². The molecule has 0 radical (unpaired) electrons. The Kier molecular flexibility index (Phi) is 4.28. The number of benzene rings is 2. The third-order valence-electron chi connectivity index (χ3n) is 4.45. The molecule has 0 bridgehead atoms.